The van der Waals surface area contributed by atoms with Gasteiger partial charge < -0.3 is 28.4 Å². The van der Waals surface area contributed by atoms with Crippen LogP contribution in [0.15, 0.2) is 24.3 Å². The van der Waals surface area contributed by atoms with Gasteiger partial charge in [-0.15, -0.1) is 0 Å². The number of carbonyl (C=O) groups excluding carboxylic acids is 6. The molecule has 0 rings (SSSR count). The molecule has 0 bridgehead atoms. The van der Waals surface area contributed by atoms with E-state index in [9.17, 15) is 28.8 Å². The lowest BCUT2D eigenvalue weighted by Crippen LogP contribution is -2.30. The molecule has 0 aromatic heterocycles. The van der Waals surface area contributed by atoms with Gasteiger partial charge in [0.05, 0.1) is 0 Å². The Hall–Kier alpha value is -3.70. The smallest absolute Gasteiger partial charge is 0.306 e. The first-order chi connectivity index (χ1) is 59.1. The number of rotatable bonds is 98. The summed E-state index contributed by atoms with van der Waals surface area (Å²) in [4.78, 5) is 75.9. The predicted octanol–water partition coefficient (Wildman–Crippen LogP) is 34.7. The van der Waals surface area contributed by atoms with Gasteiger partial charge in [0, 0.05) is 38.5 Å². The molecule has 0 aromatic rings. The molecule has 120 heavy (non-hydrogen) atoms. The van der Waals surface area contributed by atoms with Gasteiger partial charge in [-0.1, -0.05) is 490 Å². The molecule has 0 fully saturated rings. The van der Waals surface area contributed by atoms with Crippen LogP contribution in [0.2, 0.25) is 0 Å². The summed E-state index contributed by atoms with van der Waals surface area (Å²) in [7, 11) is 0. The predicted molar refractivity (Wildman–Crippen MR) is 513 cm³/mol. The summed E-state index contributed by atoms with van der Waals surface area (Å²) in [5.74, 6) is -1.72. The van der Waals surface area contributed by atoms with Gasteiger partial charge in [-0.3, -0.25) is 28.8 Å². The highest BCUT2D eigenvalue weighted by molar-refractivity contribution is 5.72. The molecule has 12 nitrogen and oxygen atoms in total. The number of hydrogen-bond acceptors (Lipinski definition) is 12. The third-order valence-electron chi connectivity index (χ3n) is 24.0. The van der Waals surface area contributed by atoms with Gasteiger partial charge in [-0.25, -0.2) is 0 Å². The standard InChI is InChI=1S/C55H104O6.C53H100O6/c1-4-7-10-13-16-19-22-25-27-30-33-36-39-42-45-48-54(57)60-51-52(50-59-53(56)47-44-41-38-35-32-29-24-21-18-15-12-9-6-3)61-55(58)49-46-43-40-37-34-31-28-26-23-20-17-14-11-8-5-2;1-4-7-10-13-16-19-22-25-26-29-32-35-38-41-44-47-53(56)59-50(48-57-51(54)45-42-39-36-33-30-27-23-20-17-14-11-8-5-2)49-58-52(55)46-43-40-37-34-31-28-24-21-18-15-12-9-6-3/h26,28,52H,4-25,27,29-51H2,1-3H3;25-26,50H,4-24,27-49H2,1-3H3/b28-26-;26-25-. The molecule has 1 unspecified atom stereocenters. The number of unbranched alkanes of at least 4 members (excludes halogenated alkanes) is 72. The highest BCUT2D eigenvalue weighted by Crippen LogP contribution is 2.22. The van der Waals surface area contributed by atoms with E-state index in [1.807, 2.05) is 0 Å². The molecule has 0 aromatic carbocycles. The minimum atomic E-state index is -0.767. The molecule has 1 atom stereocenters. The van der Waals surface area contributed by atoms with Crippen molar-refractivity contribution in [1.82, 2.24) is 0 Å². The third-order valence-corrected chi connectivity index (χ3v) is 24.0. The maximum absolute atomic E-state index is 12.8. The summed E-state index contributed by atoms with van der Waals surface area (Å²) < 4.78 is 33.6. The molecule has 0 heterocycles. The van der Waals surface area contributed by atoms with Crippen LogP contribution in [0.25, 0.3) is 0 Å². The van der Waals surface area contributed by atoms with Crippen LogP contribution in [0.1, 0.15) is 594 Å². The normalized spacial score (nSPS) is 11.8. The van der Waals surface area contributed by atoms with Crippen LogP contribution in [0.4, 0.5) is 0 Å². The monoisotopic (exact) mass is 1690 g/mol. The van der Waals surface area contributed by atoms with Crippen LogP contribution >= 0.6 is 0 Å². The molecule has 0 aliphatic rings. The second-order valence-electron chi connectivity index (χ2n) is 36.3. The molecule has 0 aliphatic heterocycles. The highest BCUT2D eigenvalue weighted by Gasteiger charge is 2.22. The van der Waals surface area contributed by atoms with Gasteiger partial charge in [-0.2, -0.15) is 0 Å². The average Bonchev–Trinajstić information content (AvgIpc) is 0.946. The summed E-state index contributed by atoms with van der Waals surface area (Å²) in [6.07, 6.45) is 109. The lowest BCUT2D eigenvalue weighted by molar-refractivity contribution is -0.167. The first kappa shape index (κ1) is 118. The number of ether oxygens (including phenoxy) is 6. The summed E-state index contributed by atoms with van der Waals surface area (Å²) in [6.45, 7) is 13.3. The Morgan fingerprint density at radius 1 is 0.158 bits per heavy atom. The van der Waals surface area contributed by atoms with Crippen molar-refractivity contribution in [3.63, 3.8) is 0 Å². The third kappa shape index (κ3) is 101. The van der Waals surface area contributed by atoms with Crippen molar-refractivity contribution in [2.24, 2.45) is 0 Å². The summed E-state index contributed by atoms with van der Waals surface area (Å²) in [5, 5.41) is 0. The van der Waals surface area contributed by atoms with E-state index in [1.54, 1.807) is 0 Å². The lowest BCUT2D eigenvalue weighted by atomic mass is 10.0. The second kappa shape index (κ2) is 104. The molecule has 0 N–H and O–H groups in total. The Balaban J connectivity index is 0. The maximum atomic E-state index is 12.8. The molecule has 708 valence electrons. The number of carbonyl (C=O) groups is 6. The Morgan fingerprint density at radius 2 is 0.275 bits per heavy atom. The minimum absolute atomic E-state index is 0.0677. The average molecular weight is 1690 g/mol. The number of esters is 6. The quantitative estimate of drug-likeness (QED) is 0.0246. The maximum Gasteiger partial charge on any atom is 0.306 e. The van der Waals surface area contributed by atoms with Crippen molar-refractivity contribution in [2.75, 3.05) is 26.4 Å². The Labute approximate surface area is 745 Å². The van der Waals surface area contributed by atoms with Crippen LogP contribution in [-0.2, 0) is 57.2 Å². The molecule has 0 saturated heterocycles. The van der Waals surface area contributed by atoms with E-state index >= 15 is 0 Å². The van der Waals surface area contributed by atoms with Crippen LogP contribution in [0.5, 0.6) is 0 Å². The molecule has 0 saturated carbocycles. The first-order valence-corrected chi connectivity index (χ1v) is 53.4. The van der Waals surface area contributed by atoms with Crippen LogP contribution in [0.3, 0.4) is 0 Å². The second-order valence-corrected chi connectivity index (χ2v) is 36.3. The molecule has 0 radical (unpaired) electrons. The SMILES string of the molecule is CCCCCCCC/C=C\CCCCCCCC(=O)OC(COC(=O)CCCCCCCCCCCCCCC)COC(=O)CCCCCCCCCCCCCCC.CCCCCCCC/C=C\CCCCCCCC(=O)OC(COC(=O)CCCCCCCCCCCCCCC)COC(=O)CCCCCCCCCCCCCCCCC. The van der Waals surface area contributed by atoms with E-state index < -0.39 is 12.2 Å². The zero-order chi connectivity index (χ0) is 87.3. The first-order valence-electron chi connectivity index (χ1n) is 53.4. The van der Waals surface area contributed by atoms with Crippen LogP contribution < -0.4 is 0 Å². The van der Waals surface area contributed by atoms with Crippen molar-refractivity contribution in [3.05, 3.63) is 24.3 Å². The fraction of sp³-hybridized carbons (Fsp3) is 0.907. The zero-order valence-corrected chi connectivity index (χ0v) is 81.0. The van der Waals surface area contributed by atoms with E-state index in [-0.39, 0.29) is 62.2 Å². The summed E-state index contributed by atoms with van der Waals surface area (Å²) in [5.41, 5.74) is 0. The van der Waals surface area contributed by atoms with Gasteiger partial charge >= 0.3 is 35.8 Å². The molecular formula is C108H204O12. The Morgan fingerprint density at radius 3 is 0.417 bits per heavy atom. The lowest BCUT2D eigenvalue weighted by Gasteiger charge is -2.18. The molecule has 0 spiro atoms. The van der Waals surface area contributed by atoms with Crippen molar-refractivity contribution >= 4 is 35.8 Å². The van der Waals surface area contributed by atoms with Gasteiger partial charge in [0.1, 0.15) is 26.4 Å². The largest absolute Gasteiger partial charge is 0.462 e. The summed E-state index contributed by atoms with van der Waals surface area (Å²) in [6, 6.07) is 0. The minimum Gasteiger partial charge on any atom is -0.462 e. The molecule has 0 amide bonds. The van der Waals surface area contributed by atoms with E-state index in [4.69, 9.17) is 28.4 Å². The van der Waals surface area contributed by atoms with Crippen LogP contribution in [-0.4, -0.2) is 74.5 Å². The number of hydrogen-bond donors (Lipinski definition) is 0. The zero-order valence-electron chi connectivity index (χ0n) is 81.0. The molecule has 0 aliphatic carbocycles. The van der Waals surface area contributed by atoms with E-state index in [1.165, 1.54) is 385 Å². The molecular weight excluding hydrogens is 1490 g/mol. The van der Waals surface area contributed by atoms with Gasteiger partial charge in [-0.05, 0) is 89.9 Å². The van der Waals surface area contributed by atoms with Crippen molar-refractivity contribution < 1.29 is 57.2 Å². The highest BCUT2D eigenvalue weighted by atomic mass is 16.6. The van der Waals surface area contributed by atoms with E-state index in [0.717, 1.165) is 128 Å². The molecule has 12 heteroatoms. The van der Waals surface area contributed by atoms with Crippen molar-refractivity contribution in [2.45, 2.75) is 606 Å². The van der Waals surface area contributed by atoms with Gasteiger partial charge in [0.25, 0.3) is 0 Å². The summed E-state index contributed by atoms with van der Waals surface area (Å²) >= 11 is 0. The van der Waals surface area contributed by atoms with E-state index in [2.05, 4.69) is 65.8 Å². The Kier molecular flexibility index (Phi) is 103. The van der Waals surface area contributed by atoms with Crippen molar-refractivity contribution in [3.8, 4) is 0 Å². The Bertz CT molecular complexity index is 2110. The number of allylic oxidation sites excluding steroid dienone is 4. The fourth-order valence-electron chi connectivity index (χ4n) is 15.9. The van der Waals surface area contributed by atoms with Gasteiger partial charge in [0.15, 0.2) is 12.2 Å². The topological polar surface area (TPSA) is 158 Å². The van der Waals surface area contributed by atoms with Crippen LogP contribution in [0, 0.1) is 0 Å². The van der Waals surface area contributed by atoms with E-state index in [0.29, 0.717) is 38.5 Å². The van der Waals surface area contributed by atoms with Gasteiger partial charge in [0.2, 0.25) is 0 Å². The fourth-order valence-corrected chi connectivity index (χ4v) is 15.9. The van der Waals surface area contributed by atoms with Crippen molar-refractivity contribution in [1.29, 1.82) is 0 Å².